The van der Waals surface area contributed by atoms with Crippen LogP contribution < -0.4 is 5.56 Å². The Kier molecular flexibility index (Phi) is 5.91. The SMILES string of the molecule is CC(C)(C)OC(=O)N1CCC(Cn2cnc(-c3ccccc3)cc2=O)C2(CCCC2)C1. The molecule has 2 heterocycles. The quantitative estimate of drug-likeness (QED) is 0.716. The van der Waals surface area contributed by atoms with Crippen LogP contribution in [-0.2, 0) is 11.3 Å². The Hall–Kier alpha value is -2.63. The molecule has 1 unspecified atom stereocenters. The molecule has 2 aromatic rings. The molecule has 0 radical (unpaired) electrons. The maximum atomic E-state index is 12.9. The van der Waals surface area contributed by atoms with Gasteiger partial charge in [0, 0.05) is 31.3 Å². The average molecular weight is 424 g/mol. The third-order valence-corrected chi connectivity index (χ3v) is 6.74. The average Bonchev–Trinajstić information content (AvgIpc) is 3.19. The molecule has 1 saturated heterocycles. The van der Waals surface area contributed by atoms with Crippen LogP contribution in [0.1, 0.15) is 52.9 Å². The fourth-order valence-electron chi connectivity index (χ4n) is 5.19. The summed E-state index contributed by atoms with van der Waals surface area (Å²) in [6, 6.07) is 11.4. The Morgan fingerprint density at radius 2 is 1.90 bits per heavy atom. The third kappa shape index (κ3) is 4.83. The monoisotopic (exact) mass is 423 g/mol. The van der Waals surface area contributed by atoms with E-state index >= 15 is 0 Å². The van der Waals surface area contributed by atoms with Crippen LogP contribution in [0.3, 0.4) is 0 Å². The molecule has 1 aromatic carbocycles. The normalized spacial score (nSPS) is 20.7. The molecule has 0 N–H and O–H groups in total. The molecule has 1 atom stereocenters. The molecule has 31 heavy (non-hydrogen) atoms. The zero-order valence-electron chi connectivity index (χ0n) is 18.8. The van der Waals surface area contributed by atoms with Gasteiger partial charge < -0.3 is 9.64 Å². The molecule has 1 saturated carbocycles. The second-order valence-corrected chi connectivity index (χ2v) is 10.1. The molecule has 166 valence electrons. The number of piperidine rings is 1. The van der Waals surface area contributed by atoms with Gasteiger partial charge in [0.05, 0.1) is 12.0 Å². The molecule has 1 aromatic heterocycles. The molecule has 4 rings (SSSR count). The molecule has 2 fully saturated rings. The lowest BCUT2D eigenvalue weighted by molar-refractivity contribution is -0.0156. The van der Waals surface area contributed by atoms with Crippen LogP contribution in [0.4, 0.5) is 4.79 Å². The fourth-order valence-corrected chi connectivity index (χ4v) is 5.19. The van der Waals surface area contributed by atoms with Crippen LogP contribution in [-0.4, -0.2) is 39.2 Å². The minimum atomic E-state index is -0.490. The summed E-state index contributed by atoms with van der Waals surface area (Å²) in [5.74, 6) is 0.357. The molecule has 1 aliphatic carbocycles. The molecular weight excluding hydrogens is 390 g/mol. The first-order valence-electron chi connectivity index (χ1n) is 11.4. The van der Waals surface area contributed by atoms with Crippen molar-refractivity contribution in [1.29, 1.82) is 0 Å². The van der Waals surface area contributed by atoms with E-state index in [1.165, 1.54) is 12.8 Å². The van der Waals surface area contributed by atoms with Crippen LogP contribution in [0.5, 0.6) is 0 Å². The van der Waals surface area contributed by atoms with E-state index in [4.69, 9.17) is 4.74 Å². The smallest absolute Gasteiger partial charge is 0.410 e. The van der Waals surface area contributed by atoms with E-state index in [0.29, 0.717) is 24.7 Å². The predicted molar refractivity (Wildman–Crippen MR) is 121 cm³/mol. The van der Waals surface area contributed by atoms with Crippen LogP contribution in [0.25, 0.3) is 11.3 Å². The highest BCUT2D eigenvalue weighted by Crippen LogP contribution is 2.49. The van der Waals surface area contributed by atoms with Gasteiger partial charge in [0.2, 0.25) is 0 Å². The summed E-state index contributed by atoms with van der Waals surface area (Å²) in [7, 11) is 0. The molecule has 1 amide bonds. The van der Waals surface area contributed by atoms with Crippen molar-refractivity contribution >= 4 is 6.09 Å². The summed E-state index contributed by atoms with van der Waals surface area (Å²) in [4.78, 5) is 32.0. The number of benzene rings is 1. The van der Waals surface area contributed by atoms with E-state index < -0.39 is 5.60 Å². The van der Waals surface area contributed by atoms with Crippen LogP contribution >= 0.6 is 0 Å². The number of nitrogens with zero attached hydrogens (tertiary/aromatic N) is 3. The van der Waals surface area contributed by atoms with Gasteiger partial charge in [-0.25, -0.2) is 9.78 Å². The van der Waals surface area contributed by atoms with Crippen molar-refractivity contribution in [3.63, 3.8) is 0 Å². The number of rotatable bonds is 3. The Morgan fingerprint density at radius 3 is 2.55 bits per heavy atom. The summed E-state index contributed by atoms with van der Waals surface area (Å²) < 4.78 is 7.38. The Morgan fingerprint density at radius 1 is 1.19 bits per heavy atom. The summed E-state index contributed by atoms with van der Waals surface area (Å²) >= 11 is 0. The largest absolute Gasteiger partial charge is 0.444 e. The zero-order chi connectivity index (χ0) is 22.1. The van der Waals surface area contributed by atoms with Crippen molar-refractivity contribution in [2.45, 2.75) is 65.0 Å². The Labute approximate surface area is 184 Å². The van der Waals surface area contributed by atoms with Gasteiger partial charge in [-0.15, -0.1) is 0 Å². The van der Waals surface area contributed by atoms with E-state index in [9.17, 15) is 9.59 Å². The lowest BCUT2D eigenvalue weighted by Gasteiger charge is -2.46. The summed E-state index contributed by atoms with van der Waals surface area (Å²) in [6.07, 6.45) is 6.91. The van der Waals surface area contributed by atoms with Gasteiger partial charge >= 0.3 is 6.09 Å². The lowest BCUT2D eigenvalue weighted by atomic mass is 9.69. The standard InChI is InChI=1S/C25H33N3O3/c1-24(2,3)31-23(30)27-14-11-20(25(17-27)12-7-8-13-25)16-28-18-26-21(15-22(28)29)19-9-5-4-6-10-19/h4-6,9-10,15,18,20H,7-8,11-14,16-17H2,1-3H3. The van der Waals surface area contributed by atoms with Gasteiger partial charge in [-0.1, -0.05) is 43.2 Å². The predicted octanol–water partition coefficient (Wildman–Crippen LogP) is 4.73. The van der Waals surface area contributed by atoms with Crippen molar-refractivity contribution < 1.29 is 9.53 Å². The minimum absolute atomic E-state index is 0.0171. The summed E-state index contributed by atoms with van der Waals surface area (Å²) in [6.45, 7) is 7.76. The number of carbonyl (C=O) groups is 1. The third-order valence-electron chi connectivity index (χ3n) is 6.74. The first-order valence-corrected chi connectivity index (χ1v) is 11.4. The van der Waals surface area contributed by atoms with Gasteiger partial charge in [-0.2, -0.15) is 0 Å². The highest BCUT2D eigenvalue weighted by atomic mass is 16.6. The highest BCUT2D eigenvalue weighted by molar-refractivity contribution is 5.68. The lowest BCUT2D eigenvalue weighted by Crippen LogP contribution is -2.52. The van der Waals surface area contributed by atoms with Gasteiger partial charge in [0.1, 0.15) is 5.60 Å². The van der Waals surface area contributed by atoms with E-state index in [1.54, 1.807) is 17.0 Å². The van der Waals surface area contributed by atoms with Crippen molar-refractivity contribution in [3.8, 4) is 11.3 Å². The minimum Gasteiger partial charge on any atom is -0.444 e. The maximum absolute atomic E-state index is 12.9. The van der Waals surface area contributed by atoms with Crippen molar-refractivity contribution in [2.75, 3.05) is 13.1 Å². The Balaban J connectivity index is 1.51. The second kappa shape index (κ2) is 8.48. The number of likely N-dealkylation sites (tertiary alicyclic amines) is 1. The van der Waals surface area contributed by atoms with E-state index in [0.717, 1.165) is 31.4 Å². The van der Waals surface area contributed by atoms with Crippen LogP contribution in [0.2, 0.25) is 0 Å². The van der Waals surface area contributed by atoms with Gasteiger partial charge in [0.15, 0.2) is 0 Å². The highest BCUT2D eigenvalue weighted by Gasteiger charge is 2.46. The van der Waals surface area contributed by atoms with E-state index in [2.05, 4.69) is 4.98 Å². The number of ether oxygens (including phenoxy) is 1. The number of amides is 1. The van der Waals surface area contributed by atoms with Gasteiger partial charge in [0.25, 0.3) is 5.56 Å². The molecule has 1 spiro atoms. The number of hydrogen-bond donors (Lipinski definition) is 0. The molecular formula is C25H33N3O3. The van der Waals surface area contributed by atoms with Gasteiger partial charge in [-0.05, 0) is 51.4 Å². The van der Waals surface area contributed by atoms with Gasteiger partial charge in [-0.3, -0.25) is 9.36 Å². The molecule has 0 bridgehead atoms. The summed E-state index contributed by atoms with van der Waals surface area (Å²) in [5.41, 5.74) is 1.21. The van der Waals surface area contributed by atoms with E-state index in [-0.39, 0.29) is 17.1 Å². The first kappa shape index (κ1) is 21.6. The number of carbonyl (C=O) groups excluding carboxylic acids is 1. The molecule has 1 aliphatic heterocycles. The fraction of sp³-hybridized carbons (Fsp3) is 0.560. The topological polar surface area (TPSA) is 64.4 Å². The van der Waals surface area contributed by atoms with Crippen LogP contribution in [0.15, 0.2) is 47.5 Å². The first-order chi connectivity index (χ1) is 14.8. The number of hydrogen-bond acceptors (Lipinski definition) is 4. The van der Waals surface area contributed by atoms with Crippen molar-refractivity contribution in [2.24, 2.45) is 11.3 Å². The summed E-state index contributed by atoms with van der Waals surface area (Å²) in [5, 5.41) is 0. The van der Waals surface area contributed by atoms with E-state index in [1.807, 2.05) is 56.0 Å². The van der Waals surface area contributed by atoms with Crippen molar-refractivity contribution in [3.05, 3.63) is 53.1 Å². The molecule has 6 heteroatoms. The molecule has 2 aliphatic rings. The Bertz CT molecular complexity index is 971. The number of aromatic nitrogens is 2. The maximum Gasteiger partial charge on any atom is 0.410 e. The zero-order valence-corrected chi connectivity index (χ0v) is 18.8. The molecule has 6 nitrogen and oxygen atoms in total. The van der Waals surface area contributed by atoms with Crippen LogP contribution in [0, 0.1) is 11.3 Å². The van der Waals surface area contributed by atoms with Crippen molar-refractivity contribution in [1.82, 2.24) is 14.5 Å². The second-order valence-electron chi connectivity index (χ2n) is 10.1.